The summed E-state index contributed by atoms with van der Waals surface area (Å²) >= 11 is 0. The van der Waals surface area contributed by atoms with Crippen LogP contribution in [0.25, 0.3) is 0 Å². The lowest BCUT2D eigenvalue weighted by molar-refractivity contribution is 0.296. The minimum Gasteiger partial charge on any atom is -0.487 e. The van der Waals surface area contributed by atoms with Gasteiger partial charge in [-0.05, 0) is 12.1 Å². The number of aromatic nitrogens is 2. The van der Waals surface area contributed by atoms with Crippen LogP contribution in [-0.4, -0.2) is 15.8 Å². The highest BCUT2D eigenvalue weighted by Crippen LogP contribution is 2.19. The zero-order valence-electron chi connectivity index (χ0n) is 11.8. The largest absolute Gasteiger partial charge is 0.487 e. The van der Waals surface area contributed by atoms with Crippen LogP contribution < -0.4 is 10.1 Å². The van der Waals surface area contributed by atoms with E-state index in [0.717, 1.165) is 18.0 Å². The Morgan fingerprint density at radius 3 is 2.74 bits per heavy atom. The lowest BCUT2D eigenvalue weighted by atomic mass is 10.2. The van der Waals surface area contributed by atoms with Gasteiger partial charge in [-0.25, -0.2) is 0 Å². The van der Waals surface area contributed by atoms with E-state index >= 15 is 0 Å². The molecule has 0 unspecified atom stereocenters. The summed E-state index contributed by atoms with van der Waals surface area (Å²) in [5.41, 5.74) is 2.11. The van der Waals surface area contributed by atoms with E-state index in [0.29, 0.717) is 12.6 Å². The van der Waals surface area contributed by atoms with Crippen molar-refractivity contribution in [3.8, 4) is 5.75 Å². The van der Waals surface area contributed by atoms with E-state index in [-0.39, 0.29) is 0 Å². The van der Waals surface area contributed by atoms with Gasteiger partial charge < -0.3 is 10.1 Å². The predicted octanol–water partition coefficient (Wildman–Crippen LogP) is 2.50. The molecule has 102 valence electrons. The highest BCUT2D eigenvalue weighted by molar-refractivity contribution is 5.33. The van der Waals surface area contributed by atoms with Crippen LogP contribution in [0.4, 0.5) is 0 Å². The number of aryl methyl sites for hydroxylation is 1. The number of ether oxygens (including phenoxy) is 1. The highest BCUT2D eigenvalue weighted by Gasteiger charge is 2.05. The van der Waals surface area contributed by atoms with Crippen molar-refractivity contribution in [1.82, 2.24) is 15.1 Å². The molecule has 0 bridgehead atoms. The molecule has 0 saturated carbocycles. The van der Waals surface area contributed by atoms with E-state index in [1.54, 1.807) is 4.68 Å². The fourth-order valence-electron chi connectivity index (χ4n) is 1.80. The van der Waals surface area contributed by atoms with Crippen LogP contribution in [0.2, 0.25) is 0 Å². The van der Waals surface area contributed by atoms with Gasteiger partial charge in [-0.15, -0.1) is 0 Å². The van der Waals surface area contributed by atoms with Crippen molar-refractivity contribution >= 4 is 0 Å². The summed E-state index contributed by atoms with van der Waals surface area (Å²) < 4.78 is 7.64. The minimum absolute atomic E-state index is 0.462. The van der Waals surface area contributed by atoms with Crippen LogP contribution in [0.3, 0.4) is 0 Å². The summed E-state index contributed by atoms with van der Waals surface area (Å²) in [7, 11) is 1.91. The average Bonchev–Trinajstić information content (AvgIpc) is 2.80. The summed E-state index contributed by atoms with van der Waals surface area (Å²) in [6, 6.07) is 10.5. The van der Waals surface area contributed by atoms with Crippen LogP contribution in [0.5, 0.6) is 5.75 Å². The maximum Gasteiger partial charge on any atom is 0.132 e. The molecule has 1 aromatic heterocycles. The summed E-state index contributed by atoms with van der Waals surface area (Å²) in [4.78, 5) is 0. The summed E-state index contributed by atoms with van der Waals surface area (Å²) in [6.45, 7) is 5.59. The quantitative estimate of drug-likeness (QED) is 0.866. The molecule has 0 fully saturated rings. The van der Waals surface area contributed by atoms with Gasteiger partial charge in [0.15, 0.2) is 0 Å². The third kappa shape index (κ3) is 4.10. The van der Waals surface area contributed by atoms with Gasteiger partial charge in [-0.1, -0.05) is 32.0 Å². The third-order valence-corrected chi connectivity index (χ3v) is 2.82. The van der Waals surface area contributed by atoms with Gasteiger partial charge in [0.05, 0.1) is 5.69 Å². The maximum absolute atomic E-state index is 5.85. The molecule has 0 radical (unpaired) electrons. The van der Waals surface area contributed by atoms with E-state index in [2.05, 4.69) is 30.3 Å². The Hall–Kier alpha value is -1.81. The van der Waals surface area contributed by atoms with Gasteiger partial charge in [-0.2, -0.15) is 5.10 Å². The van der Waals surface area contributed by atoms with Crippen LogP contribution >= 0.6 is 0 Å². The first-order valence-corrected chi connectivity index (χ1v) is 6.58. The number of benzene rings is 1. The zero-order valence-corrected chi connectivity index (χ0v) is 11.8. The molecule has 0 aliphatic heterocycles. The molecule has 0 atom stereocenters. The smallest absolute Gasteiger partial charge is 0.132 e. The first-order chi connectivity index (χ1) is 9.15. The molecular formula is C15H21N3O. The predicted molar refractivity (Wildman–Crippen MR) is 76.0 cm³/mol. The molecule has 1 N–H and O–H groups in total. The minimum atomic E-state index is 0.462. The topological polar surface area (TPSA) is 39.1 Å². The molecular weight excluding hydrogens is 238 g/mol. The van der Waals surface area contributed by atoms with Crippen LogP contribution in [0.1, 0.15) is 25.1 Å². The SMILES string of the molecule is CC(C)NCc1ccccc1OCc1ccn(C)n1. The van der Waals surface area contributed by atoms with Gasteiger partial charge in [0.2, 0.25) is 0 Å². The number of hydrogen-bond acceptors (Lipinski definition) is 3. The van der Waals surface area contributed by atoms with E-state index < -0.39 is 0 Å². The van der Waals surface area contributed by atoms with Crippen LogP contribution in [-0.2, 0) is 20.2 Å². The molecule has 0 spiro atoms. The number of nitrogens with one attached hydrogen (secondary N) is 1. The van der Waals surface area contributed by atoms with Gasteiger partial charge in [-0.3, -0.25) is 4.68 Å². The van der Waals surface area contributed by atoms with Crippen LogP contribution in [0, 0.1) is 0 Å². The monoisotopic (exact) mass is 259 g/mol. The molecule has 1 aromatic carbocycles. The Labute approximate surface area is 114 Å². The number of rotatable bonds is 6. The second kappa shape index (κ2) is 6.38. The molecule has 2 aromatic rings. The Balaban J connectivity index is 1.99. The molecule has 0 aliphatic rings. The van der Waals surface area contributed by atoms with Crippen molar-refractivity contribution in [1.29, 1.82) is 0 Å². The van der Waals surface area contributed by atoms with Gasteiger partial charge in [0, 0.05) is 31.4 Å². The molecule has 4 nitrogen and oxygen atoms in total. The van der Waals surface area contributed by atoms with E-state index in [9.17, 15) is 0 Å². The van der Waals surface area contributed by atoms with Crippen molar-refractivity contribution in [3.05, 3.63) is 47.8 Å². The average molecular weight is 259 g/mol. The normalized spacial score (nSPS) is 10.9. The summed E-state index contributed by atoms with van der Waals surface area (Å²) in [5.74, 6) is 0.918. The summed E-state index contributed by atoms with van der Waals surface area (Å²) in [6.07, 6.45) is 1.92. The lowest BCUT2D eigenvalue weighted by Crippen LogP contribution is -2.22. The van der Waals surface area contributed by atoms with E-state index in [4.69, 9.17) is 4.74 Å². The Bertz CT molecular complexity index is 520. The fraction of sp³-hybridized carbons (Fsp3) is 0.400. The molecule has 0 saturated heterocycles. The number of hydrogen-bond donors (Lipinski definition) is 1. The fourth-order valence-corrected chi connectivity index (χ4v) is 1.80. The van der Waals surface area contributed by atoms with Crippen molar-refractivity contribution in [2.45, 2.75) is 33.0 Å². The molecule has 2 rings (SSSR count). The zero-order chi connectivity index (χ0) is 13.7. The van der Waals surface area contributed by atoms with Crippen molar-refractivity contribution < 1.29 is 4.74 Å². The van der Waals surface area contributed by atoms with E-state index in [1.165, 1.54) is 5.56 Å². The molecule has 4 heteroatoms. The Morgan fingerprint density at radius 2 is 2.05 bits per heavy atom. The van der Waals surface area contributed by atoms with Crippen molar-refractivity contribution in [3.63, 3.8) is 0 Å². The van der Waals surface area contributed by atoms with Gasteiger partial charge in [0.1, 0.15) is 12.4 Å². The highest BCUT2D eigenvalue weighted by atomic mass is 16.5. The third-order valence-electron chi connectivity index (χ3n) is 2.82. The van der Waals surface area contributed by atoms with Crippen molar-refractivity contribution in [2.24, 2.45) is 7.05 Å². The molecule has 0 aliphatic carbocycles. The Kier molecular flexibility index (Phi) is 4.58. The molecule has 0 amide bonds. The summed E-state index contributed by atoms with van der Waals surface area (Å²) in [5, 5.41) is 7.71. The van der Waals surface area contributed by atoms with Gasteiger partial charge in [0.25, 0.3) is 0 Å². The van der Waals surface area contributed by atoms with Crippen molar-refractivity contribution in [2.75, 3.05) is 0 Å². The first kappa shape index (κ1) is 13.6. The standard InChI is InChI=1S/C15H21N3O/c1-12(2)16-10-13-6-4-5-7-15(13)19-11-14-8-9-18(3)17-14/h4-9,12,16H,10-11H2,1-3H3. The first-order valence-electron chi connectivity index (χ1n) is 6.58. The molecule has 19 heavy (non-hydrogen) atoms. The second-order valence-electron chi connectivity index (χ2n) is 4.91. The maximum atomic E-state index is 5.85. The van der Waals surface area contributed by atoms with Crippen LogP contribution in [0.15, 0.2) is 36.5 Å². The lowest BCUT2D eigenvalue weighted by Gasteiger charge is -2.13. The van der Waals surface area contributed by atoms with E-state index in [1.807, 2.05) is 37.5 Å². The number of para-hydroxylation sites is 1. The number of nitrogens with zero attached hydrogens (tertiary/aromatic N) is 2. The molecule has 1 heterocycles. The second-order valence-corrected chi connectivity index (χ2v) is 4.91. The van der Waals surface area contributed by atoms with Gasteiger partial charge >= 0.3 is 0 Å². The Morgan fingerprint density at radius 1 is 1.26 bits per heavy atom.